The molecular formula is C19H19FN2O. The van der Waals surface area contributed by atoms with Crippen LogP contribution in [0.5, 0.6) is 0 Å². The molecule has 4 heteroatoms. The summed E-state index contributed by atoms with van der Waals surface area (Å²) in [5.41, 5.74) is 2.57. The number of hydrogen-bond acceptors (Lipinski definition) is 2. The predicted octanol–water partition coefficient (Wildman–Crippen LogP) is 3.56. The van der Waals surface area contributed by atoms with Crippen LogP contribution in [0.25, 0.3) is 11.3 Å². The van der Waals surface area contributed by atoms with E-state index >= 15 is 0 Å². The molecule has 1 N–H and O–H groups in total. The molecule has 3 aliphatic rings. The Morgan fingerprint density at radius 3 is 3.00 bits per heavy atom. The molecular weight excluding hydrogens is 291 g/mol. The molecule has 0 spiro atoms. The Bertz CT molecular complexity index is 796. The number of hydrogen-bond donors (Lipinski definition) is 1. The van der Waals surface area contributed by atoms with Crippen molar-refractivity contribution in [3.05, 3.63) is 54.3 Å². The van der Waals surface area contributed by atoms with Gasteiger partial charge in [-0.1, -0.05) is 24.3 Å². The fraction of sp³-hybridized carbons (Fsp3) is 0.421. The first kappa shape index (κ1) is 13.5. The number of nitrogens with zero attached hydrogens (tertiary/aromatic N) is 2. The monoisotopic (exact) mass is 310 g/mol. The number of aliphatic hydroxyl groups is 1. The summed E-state index contributed by atoms with van der Waals surface area (Å²) in [4.78, 5) is 4.21. The number of aliphatic hydroxyl groups excluding tert-OH is 1. The van der Waals surface area contributed by atoms with Crippen LogP contribution in [0.3, 0.4) is 0 Å². The van der Waals surface area contributed by atoms with Crippen LogP contribution < -0.4 is 0 Å². The van der Waals surface area contributed by atoms with Crippen molar-refractivity contribution in [3.8, 4) is 11.3 Å². The maximum atomic E-state index is 14.4. The number of aromatic nitrogens is 2. The molecule has 5 atom stereocenters. The van der Waals surface area contributed by atoms with Crippen molar-refractivity contribution < 1.29 is 9.50 Å². The Kier molecular flexibility index (Phi) is 2.80. The Morgan fingerprint density at radius 1 is 1.30 bits per heavy atom. The van der Waals surface area contributed by atoms with Crippen molar-refractivity contribution in [2.45, 2.75) is 31.4 Å². The first-order valence-corrected chi connectivity index (χ1v) is 8.39. The maximum Gasteiger partial charge on any atom is 0.129 e. The molecule has 1 aromatic carbocycles. The third-order valence-corrected chi connectivity index (χ3v) is 5.95. The second-order valence-corrected chi connectivity index (χ2v) is 7.15. The Labute approximate surface area is 134 Å². The van der Waals surface area contributed by atoms with Gasteiger partial charge in [-0.25, -0.2) is 9.37 Å². The average Bonchev–Trinajstić information content (AvgIpc) is 3.29. The van der Waals surface area contributed by atoms with Gasteiger partial charge in [0.05, 0.1) is 30.4 Å². The molecule has 0 saturated heterocycles. The second kappa shape index (κ2) is 4.78. The number of fused-ring (bicyclic) bond motifs is 5. The molecule has 23 heavy (non-hydrogen) atoms. The number of allylic oxidation sites excluding steroid dienone is 2. The van der Waals surface area contributed by atoms with Gasteiger partial charge in [0.15, 0.2) is 0 Å². The Balaban J connectivity index is 1.48. The van der Waals surface area contributed by atoms with E-state index in [1.807, 2.05) is 10.6 Å². The molecule has 0 amide bonds. The van der Waals surface area contributed by atoms with Gasteiger partial charge in [-0.3, -0.25) is 0 Å². The van der Waals surface area contributed by atoms with Crippen molar-refractivity contribution in [1.82, 2.24) is 9.55 Å². The zero-order valence-electron chi connectivity index (χ0n) is 12.8. The summed E-state index contributed by atoms with van der Waals surface area (Å²) in [7, 11) is 0. The van der Waals surface area contributed by atoms with Crippen LogP contribution in [-0.2, 0) is 0 Å². The van der Waals surface area contributed by atoms with Crippen molar-refractivity contribution in [1.29, 1.82) is 0 Å². The van der Waals surface area contributed by atoms with Crippen molar-refractivity contribution in [2.75, 3.05) is 0 Å². The molecule has 2 aliphatic carbocycles. The summed E-state index contributed by atoms with van der Waals surface area (Å²) < 4.78 is 16.4. The number of benzene rings is 1. The zero-order valence-corrected chi connectivity index (χ0v) is 12.8. The SMILES string of the molecule is OC(CC1c2c(F)cccc2-c2cncn21)C1CC2C=CC1C2. The third kappa shape index (κ3) is 1.88. The molecule has 2 aromatic rings. The van der Waals surface area contributed by atoms with E-state index < -0.39 is 6.10 Å². The zero-order chi connectivity index (χ0) is 15.6. The van der Waals surface area contributed by atoms with Gasteiger partial charge in [-0.05, 0) is 43.1 Å². The third-order valence-electron chi connectivity index (χ3n) is 5.95. The summed E-state index contributed by atoms with van der Waals surface area (Å²) in [6.45, 7) is 0. The highest BCUT2D eigenvalue weighted by atomic mass is 19.1. The second-order valence-electron chi connectivity index (χ2n) is 7.15. The van der Waals surface area contributed by atoms with Crippen LogP contribution in [0, 0.1) is 23.6 Å². The molecule has 1 fully saturated rings. The lowest BCUT2D eigenvalue weighted by molar-refractivity contribution is 0.0756. The van der Waals surface area contributed by atoms with Gasteiger partial charge in [0, 0.05) is 11.1 Å². The van der Waals surface area contributed by atoms with Crippen LogP contribution in [0.4, 0.5) is 4.39 Å². The van der Waals surface area contributed by atoms with Crippen LogP contribution in [0.15, 0.2) is 42.9 Å². The summed E-state index contributed by atoms with van der Waals surface area (Å²) in [5, 5.41) is 10.8. The van der Waals surface area contributed by atoms with E-state index in [2.05, 4.69) is 17.1 Å². The van der Waals surface area contributed by atoms with E-state index in [-0.39, 0.29) is 11.9 Å². The minimum absolute atomic E-state index is 0.151. The van der Waals surface area contributed by atoms with Crippen LogP contribution >= 0.6 is 0 Å². The van der Waals surface area contributed by atoms with E-state index in [1.165, 1.54) is 12.5 Å². The Hall–Kier alpha value is -1.94. The van der Waals surface area contributed by atoms with Gasteiger partial charge in [-0.15, -0.1) is 0 Å². The van der Waals surface area contributed by atoms with E-state index in [4.69, 9.17) is 0 Å². The van der Waals surface area contributed by atoms with Gasteiger partial charge in [0.25, 0.3) is 0 Å². The smallest absolute Gasteiger partial charge is 0.129 e. The molecule has 2 heterocycles. The van der Waals surface area contributed by atoms with E-state index in [9.17, 15) is 9.50 Å². The fourth-order valence-corrected chi connectivity index (χ4v) is 4.90. The minimum atomic E-state index is -0.402. The molecule has 1 aromatic heterocycles. The van der Waals surface area contributed by atoms with Crippen molar-refractivity contribution in [2.24, 2.45) is 17.8 Å². The summed E-state index contributed by atoms with van der Waals surface area (Å²) in [6.07, 6.45) is 10.5. The maximum absolute atomic E-state index is 14.4. The lowest BCUT2D eigenvalue weighted by Crippen LogP contribution is -2.27. The van der Waals surface area contributed by atoms with Gasteiger partial charge in [0.1, 0.15) is 5.82 Å². The van der Waals surface area contributed by atoms with Gasteiger partial charge in [-0.2, -0.15) is 0 Å². The van der Waals surface area contributed by atoms with E-state index in [1.54, 1.807) is 18.6 Å². The average molecular weight is 310 g/mol. The molecule has 5 rings (SSSR count). The topological polar surface area (TPSA) is 38.1 Å². The molecule has 1 saturated carbocycles. The number of halogens is 1. The van der Waals surface area contributed by atoms with Crippen molar-refractivity contribution >= 4 is 0 Å². The largest absolute Gasteiger partial charge is 0.393 e. The lowest BCUT2D eigenvalue weighted by Gasteiger charge is -2.27. The van der Waals surface area contributed by atoms with E-state index in [0.29, 0.717) is 29.7 Å². The summed E-state index contributed by atoms with van der Waals surface area (Å²) in [6, 6.07) is 5.05. The van der Waals surface area contributed by atoms with Crippen LogP contribution in [-0.4, -0.2) is 20.8 Å². The van der Waals surface area contributed by atoms with Gasteiger partial charge < -0.3 is 9.67 Å². The van der Waals surface area contributed by atoms with Gasteiger partial charge in [0.2, 0.25) is 0 Å². The highest BCUT2D eigenvalue weighted by molar-refractivity contribution is 5.69. The first-order chi connectivity index (χ1) is 11.2. The highest BCUT2D eigenvalue weighted by Crippen LogP contribution is 2.48. The minimum Gasteiger partial charge on any atom is -0.393 e. The standard InChI is InChI=1S/C19H19FN2O/c20-15-3-1-2-13-17-9-21-10-22(17)16(19(13)15)8-18(23)14-7-11-4-5-12(14)6-11/h1-5,9-12,14,16,18,23H,6-8H2. The summed E-state index contributed by atoms with van der Waals surface area (Å²) in [5.74, 6) is 1.26. The number of imidazole rings is 1. The predicted molar refractivity (Wildman–Crippen MR) is 85.2 cm³/mol. The molecule has 2 bridgehead atoms. The van der Waals surface area contributed by atoms with E-state index in [0.717, 1.165) is 17.7 Å². The number of rotatable bonds is 3. The molecule has 5 unspecified atom stereocenters. The Morgan fingerprint density at radius 2 is 2.22 bits per heavy atom. The molecule has 0 radical (unpaired) electrons. The molecule has 118 valence electrons. The van der Waals surface area contributed by atoms with Gasteiger partial charge >= 0.3 is 0 Å². The fourth-order valence-electron chi connectivity index (χ4n) is 4.90. The van der Waals surface area contributed by atoms with Crippen LogP contribution in [0.2, 0.25) is 0 Å². The quantitative estimate of drug-likeness (QED) is 0.880. The molecule has 1 aliphatic heterocycles. The first-order valence-electron chi connectivity index (χ1n) is 8.39. The van der Waals surface area contributed by atoms with Crippen molar-refractivity contribution in [3.63, 3.8) is 0 Å². The lowest BCUT2D eigenvalue weighted by atomic mass is 9.84. The normalized spacial score (nSPS) is 31.4. The highest BCUT2D eigenvalue weighted by Gasteiger charge is 2.41. The summed E-state index contributed by atoms with van der Waals surface area (Å²) >= 11 is 0. The van der Waals surface area contributed by atoms with Crippen LogP contribution in [0.1, 0.15) is 30.9 Å². The molecule has 3 nitrogen and oxygen atoms in total.